The topological polar surface area (TPSA) is 141 Å². The summed E-state index contributed by atoms with van der Waals surface area (Å²) in [6, 6.07) is 12.2. The van der Waals surface area contributed by atoms with E-state index in [1.165, 1.54) is 36.0 Å². The van der Waals surface area contributed by atoms with E-state index in [1.54, 1.807) is 34.6 Å². The zero-order chi connectivity index (χ0) is 37.2. The van der Waals surface area contributed by atoms with Crippen LogP contribution in [0.3, 0.4) is 0 Å². The standard InChI is InChI=1S/C38H49N3O9/c1-10-16-31(40(8)37(46)50-38(5,6)7)33(42)41(9)32(24(3)4)35(44)48-23-30(34(43)47-21-11-2)39-36(45)49-22-29-27-19-14-12-17-25(27)26-18-13-15-20-28(26)29/h10-15,17-20,24,29-32H,1-2,16,21-23H2,3-9H3,(H,39,45)/t30-,31+,32+/m1/s1. The van der Waals surface area contributed by atoms with Crippen LogP contribution in [0.4, 0.5) is 9.59 Å². The van der Waals surface area contributed by atoms with E-state index in [9.17, 15) is 24.0 Å². The van der Waals surface area contributed by atoms with Crippen molar-refractivity contribution in [2.75, 3.05) is 33.9 Å². The molecule has 0 saturated carbocycles. The number of hydrogen-bond donors (Lipinski definition) is 1. The Kier molecular flexibility index (Phi) is 13.8. The van der Waals surface area contributed by atoms with Gasteiger partial charge in [-0.05, 0) is 55.4 Å². The van der Waals surface area contributed by atoms with Crippen LogP contribution in [0.15, 0.2) is 73.8 Å². The number of nitrogens with one attached hydrogen (secondary N) is 1. The van der Waals surface area contributed by atoms with Crippen molar-refractivity contribution < 1.29 is 42.9 Å². The predicted octanol–water partition coefficient (Wildman–Crippen LogP) is 5.46. The van der Waals surface area contributed by atoms with Gasteiger partial charge in [0.15, 0.2) is 6.04 Å². The molecule has 2 aromatic rings. The summed E-state index contributed by atoms with van der Waals surface area (Å²) < 4.78 is 21.7. The number of fused-ring (bicyclic) bond motifs is 3. The van der Waals surface area contributed by atoms with E-state index in [4.69, 9.17) is 18.9 Å². The minimum Gasteiger partial charge on any atom is -0.461 e. The molecule has 0 heterocycles. The third-order valence-electron chi connectivity index (χ3n) is 8.12. The van der Waals surface area contributed by atoms with E-state index < -0.39 is 66.3 Å². The van der Waals surface area contributed by atoms with Crippen LogP contribution in [-0.2, 0) is 33.3 Å². The molecular formula is C38H49N3O9. The van der Waals surface area contributed by atoms with Crippen LogP contribution in [0.1, 0.15) is 58.1 Å². The molecule has 3 amide bonds. The number of rotatable bonds is 15. The average Bonchev–Trinajstić information content (AvgIpc) is 3.38. The second kappa shape index (κ2) is 17.5. The van der Waals surface area contributed by atoms with Crippen LogP contribution in [0.5, 0.6) is 0 Å². The van der Waals surface area contributed by atoms with Crippen LogP contribution in [-0.4, -0.2) is 97.5 Å². The first-order chi connectivity index (χ1) is 23.6. The molecule has 0 fully saturated rings. The molecule has 0 unspecified atom stereocenters. The first kappa shape index (κ1) is 39.3. The second-order valence-corrected chi connectivity index (χ2v) is 13.3. The van der Waals surface area contributed by atoms with Gasteiger partial charge in [-0.2, -0.15) is 0 Å². The van der Waals surface area contributed by atoms with Gasteiger partial charge in [0.05, 0.1) is 0 Å². The number of benzene rings is 2. The first-order valence-electron chi connectivity index (χ1n) is 16.5. The maximum absolute atomic E-state index is 13.7. The van der Waals surface area contributed by atoms with Crippen molar-refractivity contribution in [3.63, 3.8) is 0 Å². The highest BCUT2D eigenvalue weighted by molar-refractivity contribution is 5.90. The lowest BCUT2D eigenvalue weighted by Crippen LogP contribution is -2.55. The SMILES string of the molecule is C=CCOC(=O)[C@@H](COC(=O)[C@H](C(C)C)N(C)C(=O)[C@H](CC=C)N(C)C(=O)OC(C)(C)C)NC(=O)OCC1c2ccccc2-c2ccccc21. The molecule has 0 aromatic heterocycles. The molecule has 0 saturated heterocycles. The average molecular weight is 692 g/mol. The smallest absolute Gasteiger partial charge is 0.410 e. The van der Waals surface area contributed by atoms with Crippen molar-refractivity contribution in [2.24, 2.45) is 5.92 Å². The fourth-order valence-corrected chi connectivity index (χ4v) is 5.74. The van der Waals surface area contributed by atoms with Gasteiger partial charge in [-0.25, -0.2) is 19.2 Å². The number of esters is 2. The summed E-state index contributed by atoms with van der Waals surface area (Å²) in [6.45, 7) is 15.1. The maximum Gasteiger partial charge on any atom is 0.410 e. The maximum atomic E-state index is 13.7. The van der Waals surface area contributed by atoms with Crippen molar-refractivity contribution >= 4 is 30.0 Å². The summed E-state index contributed by atoms with van der Waals surface area (Å²) in [7, 11) is 2.86. The number of hydrogen-bond acceptors (Lipinski definition) is 9. The Balaban J connectivity index is 1.71. The number of amides is 3. The molecule has 0 aliphatic heterocycles. The quantitative estimate of drug-likeness (QED) is 0.146. The van der Waals surface area contributed by atoms with E-state index in [-0.39, 0.29) is 25.6 Å². The van der Waals surface area contributed by atoms with Gasteiger partial charge in [0.2, 0.25) is 5.91 Å². The lowest BCUT2D eigenvalue weighted by Gasteiger charge is -2.35. The van der Waals surface area contributed by atoms with Gasteiger partial charge < -0.3 is 29.2 Å². The summed E-state index contributed by atoms with van der Waals surface area (Å²) in [6.07, 6.45) is 1.33. The molecule has 1 aliphatic rings. The number of likely N-dealkylation sites (N-methyl/N-ethyl adjacent to an activating group) is 2. The van der Waals surface area contributed by atoms with Gasteiger partial charge >= 0.3 is 24.1 Å². The number of nitrogens with zero attached hydrogens (tertiary/aromatic N) is 2. The molecule has 50 heavy (non-hydrogen) atoms. The van der Waals surface area contributed by atoms with Gasteiger partial charge in [0, 0.05) is 20.0 Å². The van der Waals surface area contributed by atoms with E-state index in [0.717, 1.165) is 22.3 Å². The second-order valence-electron chi connectivity index (χ2n) is 13.3. The Labute approximate surface area is 294 Å². The van der Waals surface area contributed by atoms with Crippen molar-refractivity contribution in [3.8, 4) is 11.1 Å². The van der Waals surface area contributed by atoms with Crippen LogP contribution in [0.25, 0.3) is 11.1 Å². The molecule has 0 radical (unpaired) electrons. The van der Waals surface area contributed by atoms with Crippen LogP contribution >= 0.6 is 0 Å². The predicted molar refractivity (Wildman–Crippen MR) is 188 cm³/mol. The lowest BCUT2D eigenvalue weighted by atomic mass is 9.98. The monoisotopic (exact) mass is 691 g/mol. The molecular weight excluding hydrogens is 642 g/mol. The molecule has 1 aliphatic carbocycles. The highest BCUT2D eigenvalue weighted by atomic mass is 16.6. The number of carbonyl (C=O) groups is 5. The van der Waals surface area contributed by atoms with Gasteiger partial charge in [-0.1, -0.05) is 81.1 Å². The summed E-state index contributed by atoms with van der Waals surface area (Å²) in [5, 5.41) is 2.46. The van der Waals surface area contributed by atoms with Crippen LogP contribution in [0.2, 0.25) is 0 Å². The molecule has 3 rings (SSSR count). The molecule has 3 atom stereocenters. The van der Waals surface area contributed by atoms with E-state index >= 15 is 0 Å². The van der Waals surface area contributed by atoms with Gasteiger partial charge in [-0.3, -0.25) is 9.69 Å². The minimum absolute atomic E-state index is 0.0000197. The number of ether oxygens (including phenoxy) is 4. The highest BCUT2D eigenvalue weighted by Gasteiger charge is 2.38. The fourth-order valence-electron chi connectivity index (χ4n) is 5.74. The number of alkyl carbamates (subject to hydrolysis) is 1. The van der Waals surface area contributed by atoms with Gasteiger partial charge in [0.25, 0.3) is 0 Å². The van der Waals surface area contributed by atoms with Crippen molar-refractivity contribution in [1.29, 1.82) is 0 Å². The minimum atomic E-state index is -1.42. The zero-order valence-corrected chi connectivity index (χ0v) is 30.0. The summed E-state index contributed by atoms with van der Waals surface area (Å²) in [5.74, 6) is -2.90. The number of carbonyl (C=O) groups excluding carboxylic acids is 5. The normalized spacial score (nSPS) is 13.8. The third-order valence-corrected chi connectivity index (χ3v) is 8.12. The third kappa shape index (κ3) is 9.96. The van der Waals surface area contributed by atoms with Crippen molar-refractivity contribution in [1.82, 2.24) is 15.1 Å². The lowest BCUT2D eigenvalue weighted by molar-refractivity contribution is -0.160. The fraction of sp³-hybridized carbons (Fsp3) is 0.447. The van der Waals surface area contributed by atoms with Gasteiger partial charge in [-0.15, -0.1) is 6.58 Å². The van der Waals surface area contributed by atoms with E-state index in [1.807, 2.05) is 48.5 Å². The molecule has 0 spiro atoms. The van der Waals surface area contributed by atoms with Gasteiger partial charge in [0.1, 0.15) is 37.5 Å². The largest absolute Gasteiger partial charge is 0.461 e. The van der Waals surface area contributed by atoms with E-state index in [2.05, 4.69) is 18.5 Å². The summed E-state index contributed by atoms with van der Waals surface area (Å²) in [4.78, 5) is 68.3. The van der Waals surface area contributed by atoms with Crippen molar-refractivity contribution in [2.45, 2.75) is 70.7 Å². The highest BCUT2D eigenvalue weighted by Crippen LogP contribution is 2.44. The molecule has 0 bridgehead atoms. The Morgan fingerprint density at radius 2 is 1.42 bits per heavy atom. The molecule has 270 valence electrons. The zero-order valence-electron chi connectivity index (χ0n) is 30.0. The molecule has 2 aromatic carbocycles. The molecule has 1 N–H and O–H groups in total. The van der Waals surface area contributed by atoms with Crippen LogP contribution in [0, 0.1) is 5.92 Å². The Morgan fingerprint density at radius 3 is 1.94 bits per heavy atom. The molecule has 12 heteroatoms. The summed E-state index contributed by atoms with van der Waals surface area (Å²) >= 11 is 0. The molecule has 12 nitrogen and oxygen atoms in total. The Bertz CT molecular complexity index is 1520. The van der Waals surface area contributed by atoms with Crippen LogP contribution < -0.4 is 5.32 Å². The Hall–Kier alpha value is -5.13. The van der Waals surface area contributed by atoms with E-state index in [0.29, 0.717) is 0 Å². The van der Waals surface area contributed by atoms with Crippen molar-refractivity contribution in [3.05, 3.63) is 85.0 Å². The first-order valence-corrected chi connectivity index (χ1v) is 16.5. The summed E-state index contributed by atoms with van der Waals surface area (Å²) in [5.41, 5.74) is 3.36. The Morgan fingerprint density at radius 1 is 0.840 bits per heavy atom.